The number of nitrogen functional groups attached to an aromatic ring is 1. The number of nitrogens with one attached hydrogen (secondary N) is 1. The molecule has 238 valence electrons. The van der Waals surface area contributed by atoms with Crippen molar-refractivity contribution in [3.8, 4) is 11.7 Å². The number of primary amides is 1. The van der Waals surface area contributed by atoms with Crippen molar-refractivity contribution >= 4 is 77.2 Å². The quantitative estimate of drug-likeness (QED) is 0.0378. The number of phenols is 1. The molecule has 2 heterocycles. The molecule has 0 saturated carbocycles. The molecule has 0 fully saturated rings. The van der Waals surface area contributed by atoms with Crippen LogP contribution < -0.4 is 92.9 Å². The average molecular weight is 752 g/mol. The Morgan fingerprint density at radius 2 is 1.67 bits per heavy atom. The summed E-state index contributed by atoms with van der Waals surface area (Å²) in [4.78, 5) is 22.3. The summed E-state index contributed by atoms with van der Waals surface area (Å²) in [5, 5.41) is 20.8. The van der Waals surface area contributed by atoms with Crippen molar-refractivity contribution in [1.82, 2.24) is 15.0 Å². The largest absolute Gasteiger partial charge is 1.00 e. The molecular formula is C25H17Cl2N9Na2O8S2. The standard InChI is InChI=1S/C25H18ClN9O8S2.ClH.2Na/c26-23-30-24(32-25(31-23)35-7-1-2-13(11-35)22(28)37)29-14-4-6-19(45(41,42)43)17(9-14)33-34-21-16(27)5-3-12-8-15(44(38,39)40)10-18(36)20(12)21;;;/h1-11H,(H7-,27,28,29,30,31,32,33,34,36,37,38,39,40,41,42,43);1H;;/q;;2*+1/p-2. The first kappa shape index (κ1) is 41.1. The minimum atomic E-state index is -5.09. The summed E-state index contributed by atoms with van der Waals surface area (Å²) in [6, 6.07) is 10.6. The molecule has 2 aromatic heterocycles. The van der Waals surface area contributed by atoms with E-state index in [0.29, 0.717) is 6.07 Å². The minimum Gasteiger partial charge on any atom is -1.00 e. The van der Waals surface area contributed by atoms with Crippen molar-refractivity contribution in [3.63, 3.8) is 0 Å². The van der Waals surface area contributed by atoms with Crippen molar-refractivity contribution in [2.24, 2.45) is 16.0 Å². The number of halogens is 2. The third kappa shape index (κ3) is 9.34. The molecule has 0 spiro atoms. The van der Waals surface area contributed by atoms with Gasteiger partial charge in [-0.25, -0.2) is 21.4 Å². The summed E-state index contributed by atoms with van der Waals surface area (Å²) in [5.41, 5.74) is 10.9. The Labute approximate surface area is 327 Å². The fraction of sp³-hybridized carbons (Fsp3) is 0. The first-order chi connectivity index (χ1) is 21.1. The number of carbonyl (C=O) groups is 1. The second-order valence-electron chi connectivity index (χ2n) is 9.05. The summed E-state index contributed by atoms with van der Waals surface area (Å²) >= 11 is 6.07. The Morgan fingerprint density at radius 1 is 0.958 bits per heavy atom. The first-order valence-electron chi connectivity index (χ1n) is 12.1. The zero-order valence-electron chi connectivity index (χ0n) is 24.6. The molecule has 3 aromatic carbocycles. The maximum Gasteiger partial charge on any atom is 1.00 e. The van der Waals surface area contributed by atoms with Gasteiger partial charge in [-0.05, 0) is 75.5 Å². The molecule has 0 saturated heterocycles. The van der Waals surface area contributed by atoms with Crippen LogP contribution in [0.5, 0.6) is 5.75 Å². The zero-order valence-corrected chi connectivity index (χ0v) is 31.7. The monoisotopic (exact) mass is 751 g/mol. The third-order valence-corrected chi connectivity index (χ3v) is 7.88. The number of aromatic hydroxyl groups is 1. The Balaban J connectivity index is 0.00000267. The van der Waals surface area contributed by atoms with Gasteiger partial charge in [0.15, 0.2) is 0 Å². The average Bonchev–Trinajstić information content (AvgIpc) is 2.95. The summed E-state index contributed by atoms with van der Waals surface area (Å²) in [5.74, 6) is -1.51. The first-order valence-corrected chi connectivity index (χ1v) is 15.3. The van der Waals surface area contributed by atoms with E-state index in [4.69, 9.17) is 23.1 Å². The number of rotatable bonds is 8. The number of nitrogens with zero attached hydrogens (tertiary/aromatic N) is 6. The van der Waals surface area contributed by atoms with Crippen LogP contribution in [0.15, 0.2) is 87.0 Å². The van der Waals surface area contributed by atoms with Crippen LogP contribution in [0.25, 0.3) is 16.7 Å². The Bertz CT molecular complexity index is 2300. The van der Waals surface area contributed by atoms with E-state index in [9.17, 15) is 35.8 Å². The summed E-state index contributed by atoms with van der Waals surface area (Å²) < 4.78 is 71.8. The summed E-state index contributed by atoms with van der Waals surface area (Å²) in [6.07, 6.45) is 2.88. The number of nitrogens with two attached hydrogens (primary N) is 2. The van der Waals surface area contributed by atoms with Crippen LogP contribution in [-0.2, 0) is 20.2 Å². The molecule has 0 unspecified atom stereocenters. The van der Waals surface area contributed by atoms with Crippen LogP contribution in [0.3, 0.4) is 0 Å². The molecule has 5 rings (SSSR count). The second kappa shape index (κ2) is 16.1. The van der Waals surface area contributed by atoms with Gasteiger partial charge in [0.05, 0.1) is 38.8 Å². The topological polar surface area (TPSA) is 283 Å². The Kier molecular flexibility index (Phi) is 13.8. The van der Waals surface area contributed by atoms with Crippen LogP contribution in [0, 0.1) is 0 Å². The number of pyridine rings is 1. The van der Waals surface area contributed by atoms with Crippen LogP contribution in [0.2, 0.25) is 5.28 Å². The third-order valence-electron chi connectivity index (χ3n) is 6.02. The van der Waals surface area contributed by atoms with E-state index in [1.54, 1.807) is 0 Å². The van der Waals surface area contributed by atoms with Crippen LogP contribution in [0.1, 0.15) is 10.4 Å². The van der Waals surface area contributed by atoms with E-state index in [0.717, 1.165) is 18.2 Å². The molecule has 0 bridgehead atoms. The summed E-state index contributed by atoms with van der Waals surface area (Å²) in [6.45, 7) is 0. The zero-order chi connectivity index (χ0) is 32.7. The molecule has 1 amide bonds. The van der Waals surface area contributed by atoms with Gasteiger partial charge in [-0.2, -0.15) is 4.98 Å². The number of benzene rings is 3. The second-order valence-corrected chi connectivity index (χ2v) is 12.1. The Morgan fingerprint density at radius 3 is 2.31 bits per heavy atom. The predicted octanol–water partition coefficient (Wildman–Crippen LogP) is -6.68. The molecule has 0 aliphatic carbocycles. The molecule has 0 atom stereocenters. The molecular weight excluding hydrogens is 735 g/mol. The van der Waals surface area contributed by atoms with E-state index in [1.807, 2.05) is 0 Å². The van der Waals surface area contributed by atoms with E-state index >= 15 is 0 Å². The van der Waals surface area contributed by atoms with Gasteiger partial charge in [-0.1, -0.05) is 6.07 Å². The molecule has 48 heavy (non-hydrogen) atoms. The van der Waals surface area contributed by atoms with Crippen molar-refractivity contribution in [1.29, 1.82) is 0 Å². The van der Waals surface area contributed by atoms with Gasteiger partial charge in [0.2, 0.25) is 0 Å². The fourth-order valence-electron chi connectivity index (χ4n) is 4.04. The smallest absolute Gasteiger partial charge is 1.00 e. The van der Waals surface area contributed by atoms with Gasteiger partial charge in [-0.3, -0.25) is 4.79 Å². The van der Waals surface area contributed by atoms with E-state index in [2.05, 4.69) is 30.5 Å². The van der Waals surface area contributed by atoms with E-state index in [1.165, 1.54) is 47.3 Å². The number of fused-ring (bicyclic) bond motifs is 1. The number of carbonyl (C=O) groups excluding carboxylic acids is 1. The fourth-order valence-corrected chi connectivity index (χ4v) is 5.31. The molecule has 0 radical (unpaired) electrons. The number of anilines is 3. The van der Waals surface area contributed by atoms with Crippen molar-refractivity contribution in [2.75, 3.05) is 11.1 Å². The normalized spacial score (nSPS) is 11.3. The molecule has 5 aromatic rings. The number of azo groups is 1. The molecule has 0 aliphatic heterocycles. The maximum atomic E-state index is 12.0. The minimum absolute atomic E-state index is 0. The number of phenolic OH excluding ortho intramolecular Hbond substituents is 1. The SMILES string of the molecule is NC(=O)c1ccc[n+](-c2nc(Cl)nc(Nc3ccc(S(=O)(=O)[O-])c(N=Nc4c(N)ccc5cc(S(=O)(=O)[O-])cc(O)c45)c3)n2)c1.[Cl-].[Na+].[Na+]. The van der Waals surface area contributed by atoms with Gasteiger partial charge >= 0.3 is 76.3 Å². The van der Waals surface area contributed by atoms with Gasteiger partial charge in [0.1, 0.15) is 37.4 Å². The predicted molar refractivity (Wildman–Crippen MR) is 155 cm³/mol. The van der Waals surface area contributed by atoms with E-state index in [-0.39, 0.29) is 122 Å². The summed E-state index contributed by atoms with van der Waals surface area (Å²) in [7, 11) is -10.0. The molecule has 6 N–H and O–H groups in total. The van der Waals surface area contributed by atoms with Gasteiger partial charge in [-0.15, -0.1) is 10.2 Å². The molecule has 0 aliphatic rings. The number of aromatic nitrogens is 4. The number of hydrogen-bond acceptors (Lipinski definition) is 15. The van der Waals surface area contributed by atoms with Gasteiger partial charge < -0.3 is 43.4 Å². The molecule has 17 nitrogen and oxygen atoms in total. The molecule has 23 heteroatoms. The number of hydrogen-bond donors (Lipinski definition) is 4. The number of amides is 1. The van der Waals surface area contributed by atoms with Gasteiger partial charge in [0, 0.05) is 5.69 Å². The Hall–Kier alpha value is -3.05. The van der Waals surface area contributed by atoms with Crippen molar-refractivity contribution < 1.29 is 112 Å². The van der Waals surface area contributed by atoms with Gasteiger partial charge in [0.25, 0.3) is 5.91 Å². The maximum absolute atomic E-state index is 12.0. The van der Waals surface area contributed by atoms with Crippen LogP contribution >= 0.6 is 11.6 Å². The van der Waals surface area contributed by atoms with Crippen molar-refractivity contribution in [3.05, 3.63) is 77.8 Å². The van der Waals surface area contributed by atoms with Crippen LogP contribution in [-0.4, -0.2) is 51.9 Å². The van der Waals surface area contributed by atoms with Crippen molar-refractivity contribution in [2.45, 2.75) is 9.79 Å². The van der Waals surface area contributed by atoms with E-state index < -0.39 is 47.4 Å². The van der Waals surface area contributed by atoms with Crippen LogP contribution in [0.4, 0.5) is 28.7 Å².